The summed E-state index contributed by atoms with van der Waals surface area (Å²) in [5.74, 6) is 0.726. The number of ether oxygens (including phenoxy) is 1. The highest BCUT2D eigenvalue weighted by Gasteiger charge is 2.22. The van der Waals surface area contributed by atoms with Gasteiger partial charge in [-0.2, -0.15) is 0 Å². The van der Waals surface area contributed by atoms with Crippen LogP contribution in [0.5, 0.6) is 5.75 Å². The number of aliphatic hydroxyl groups excluding tert-OH is 1. The second-order valence-electron chi connectivity index (χ2n) is 6.23. The SMILES string of the molecule is COc1ccc(C)cc1NC(=O)CC[NH+]1CC[NH+](CCO)CC1. The van der Waals surface area contributed by atoms with Crippen molar-refractivity contribution in [3.05, 3.63) is 23.8 Å². The third-order valence-electron chi connectivity index (χ3n) is 4.46. The van der Waals surface area contributed by atoms with E-state index < -0.39 is 0 Å². The van der Waals surface area contributed by atoms with Crippen LogP contribution in [0.15, 0.2) is 18.2 Å². The zero-order valence-electron chi connectivity index (χ0n) is 14.2. The van der Waals surface area contributed by atoms with Gasteiger partial charge in [-0.3, -0.25) is 4.79 Å². The van der Waals surface area contributed by atoms with Crippen LogP contribution in [-0.2, 0) is 4.79 Å². The monoisotopic (exact) mass is 323 g/mol. The molecular weight excluding hydrogens is 294 g/mol. The lowest BCUT2D eigenvalue weighted by atomic mass is 10.2. The topological polar surface area (TPSA) is 67.4 Å². The Morgan fingerprint density at radius 3 is 2.48 bits per heavy atom. The average Bonchev–Trinajstić information content (AvgIpc) is 2.55. The van der Waals surface area contributed by atoms with Gasteiger partial charge in [-0.05, 0) is 24.6 Å². The van der Waals surface area contributed by atoms with Crippen LogP contribution in [0.4, 0.5) is 5.69 Å². The number of rotatable bonds is 7. The van der Waals surface area contributed by atoms with Crippen molar-refractivity contribution in [3.8, 4) is 5.75 Å². The van der Waals surface area contributed by atoms with Crippen molar-refractivity contribution < 1.29 is 24.4 Å². The van der Waals surface area contributed by atoms with Gasteiger partial charge in [-0.25, -0.2) is 0 Å². The lowest BCUT2D eigenvalue weighted by Gasteiger charge is -2.29. The average molecular weight is 323 g/mol. The molecule has 0 unspecified atom stereocenters. The van der Waals surface area contributed by atoms with E-state index in [0.29, 0.717) is 12.2 Å². The van der Waals surface area contributed by atoms with E-state index in [1.54, 1.807) is 7.11 Å². The van der Waals surface area contributed by atoms with E-state index in [1.807, 2.05) is 25.1 Å². The first-order valence-corrected chi connectivity index (χ1v) is 8.35. The summed E-state index contributed by atoms with van der Waals surface area (Å²) in [5, 5.41) is 11.9. The number of aliphatic hydroxyl groups is 1. The molecule has 1 aromatic carbocycles. The molecule has 1 aromatic rings. The fourth-order valence-electron chi connectivity index (χ4n) is 3.04. The molecule has 1 heterocycles. The molecule has 6 nitrogen and oxygen atoms in total. The predicted molar refractivity (Wildman–Crippen MR) is 89.2 cm³/mol. The Kier molecular flexibility index (Phi) is 6.83. The van der Waals surface area contributed by atoms with E-state index in [0.717, 1.165) is 50.5 Å². The van der Waals surface area contributed by atoms with Crippen molar-refractivity contribution >= 4 is 11.6 Å². The number of piperazine rings is 1. The quantitative estimate of drug-likeness (QED) is 0.474. The van der Waals surface area contributed by atoms with Gasteiger partial charge in [-0.15, -0.1) is 0 Å². The Morgan fingerprint density at radius 2 is 1.87 bits per heavy atom. The smallest absolute Gasteiger partial charge is 0.230 e. The Morgan fingerprint density at radius 1 is 1.22 bits per heavy atom. The maximum atomic E-state index is 12.2. The van der Waals surface area contributed by atoms with E-state index in [1.165, 1.54) is 9.80 Å². The van der Waals surface area contributed by atoms with Crippen LogP contribution in [-0.4, -0.2) is 64.0 Å². The van der Waals surface area contributed by atoms with Crippen LogP contribution in [0.25, 0.3) is 0 Å². The Balaban J connectivity index is 1.77. The molecule has 1 aliphatic rings. The van der Waals surface area contributed by atoms with Crippen molar-refractivity contribution in [1.82, 2.24) is 0 Å². The highest BCUT2D eigenvalue weighted by atomic mass is 16.5. The number of hydrogen-bond acceptors (Lipinski definition) is 3. The number of hydrogen-bond donors (Lipinski definition) is 4. The third-order valence-corrected chi connectivity index (χ3v) is 4.46. The molecule has 128 valence electrons. The van der Waals surface area contributed by atoms with E-state index in [4.69, 9.17) is 9.84 Å². The van der Waals surface area contributed by atoms with Crippen LogP contribution in [0.3, 0.4) is 0 Å². The number of methoxy groups -OCH3 is 1. The fraction of sp³-hybridized carbons (Fsp3) is 0.588. The van der Waals surface area contributed by atoms with Gasteiger partial charge in [0.25, 0.3) is 0 Å². The zero-order chi connectivity index (χ0) is 16.7. The van der Waals surface area contributed by atoms with E-state index in [2.05, 4.69) is 5.32 Å². The first-order valence-electron chi connectivity index (χ1n) is 8.35. The summed E-state index contributed by atoms with van der Waals surface area (Å²) in [6.45, 7) is 8.21. The molecule has 0 saturated carbocycles. The van der Waals surface area contributed by atoms with Crippen molar-refractivity contribution in [2.45, 2.75) is 13.3 Å². The van der Waals surface area contributed by atoms with Crippen molar-refractivity contribution in [2.24, 2.45) is 0 Å². The number of amides is 1. The molecule has 0 aliphatic carbocycles. The van der Waals surface area contributed by atoms with Crippen LogP contribution < -0.4 is 19.9 Å². The highest BCUT2D eigenvalue weighted by molar-refractivity contribution is 5.92. The van der Waals surface area contributed by atoms with Gasteiger partial charge in [-0.1, -0.05) is 6.07 Å². The summed E-state index contributed by atoms with van der Waals surface area (Å²) in [6, 6.07) is 5.77. The lowest BCUT2D eigenvalue weighted by molar-refractivity contribution is -1.01. The van der Waals surface area contributed by atoms with Crippen molar-refractivity contribution in [2.75, 3.05) is 58.3 Å². The van der Waals surface area contributed by atoms with E-state index >= 15 is 0 Å². The number of benzene rings is 1. The predicted octanol–water partition coefficient (Wildman–Crippen LogP) is -1.89. The highest BCUT2D eigenvalue weighted by Crippen LogP contribution is 2.25. The molecule has 1 saturated heterocycles. The molecule has 0 aromatic heterocycles. The number of quaternary nitrogens is 2. The standard InChI is InChI=1S/C17H27N3O3/c1-14-3-4-16(23-2)15(13-14)18-17(22)5-6-19-7-9-20(10-8-19)11-12-21/h3-4,13,21H,5-12H2,1-2H3,(H,18,22)/p+2. The van der Waals surface area contributed by atoms with E-state index in [-0.39, 0.29) is 12.5 Å². The van der Waals surface area contributed by atoms with Crippen LogP contribution in [0.1, 0.15) is 12.0 Å². The molecule has 0 atom stereocenters. The number of nitrogens with one attached hydrogen (secondary N) is 3. The number of carbonyl (C=O) groups excluding carboxylic acids is 1. The van der Waals surface area contributed by atoms with Gasteiger partial charge in [0.1, 0.15) is 38.5 Å². The summed E-state index contributed by atoms with van der Waals surface area (Å²) in [7, 11) is 1.61. The molecule has 1 fully saturated rings. The van der Waals surface area contributed by atoms with Gasteiger partial charge >= 0.3 is 0 Å². The van der Waals surface area contributed by atoms with Crippen LogP contribution in [0, 0.1) is 6.92 Å². The second kappa shape index (κ2) is 8.86. The molecule has 0 spiro atoms. The van der Waals surface area contributed by atoms with Gasteiger partial charge < -0.3 is 25.0 Å². The Labute approximate surface area is 138 Å². The first-order chi connectivity index (χ1) is 11.1. The Hall–Kier alpha value is -1.63. The molecule has 0 radical (unpaired) electrons. The Bertz CT molecular complexity index is 514. The van der Waals surface area contributed by atoms with Gasteiger partial charge in [0.2, 0.25) is 5.91 Å². The number of aryl methyl sites for hydroxylation is 1. The molecule has 6 heteroatoms. The normalized spacial score (nSPS) is 21.0. The molecule has 1 amide bonds. The van der Waals surface area contributed by atoms with Crippen molar-refractivity contribution in [3.63, 3.8) is 0 Å². The third kappa shape index (κ3) is 5.49. The van der Waals surface area contributed by atoms with Gasteiger partial charge in [0, 0.05) is 0 Å². The first kappa shape index (κ1) is 17.7. The maximum absolute atomic E-state index is 12.2. The molecular formula is C17H29N3O3+2. The van der Waals surface area contributed by atoms with Crippen LogP contribution in [0.2, 0.25) is 0 Å². The molecule has 4 N–H and O–H groups in total. The van der Waals surface area contributed by atoms with E-state index in [9.17, 15) is 4.79 Å². The summed E-state index contributed by atoms with van der Waals surface area (Å²) >= 11 is 0. The van der Waals surface area contributed by atoms with Gasteiger partial charge in [0.05, 0.1) is 32.4 Å². The van der Waals surface area contributed by atoms with Crippen molar-refractivity contribution in [1.29, 1.82) is 0 Å². The molecule has 0 bridgehead atoms. The van der Waals surface area contributed by atoms with Gasteiger partial charge in [0.15, 0.2) is 0 Å². The zero-order valence-corrected chi connectivity index (χ0v) is 14.2. The molecule has 2 rings (SSSR count). The maximum Gasteiger partial charge on any atom is 0.230 e. The summed E-state index contributed by atoms with van der Waals surface area (Å²) in [5.41, 5.74) is 1.83. The number of anilines is 1. The minimum absolute atomic E-state index is 0.0338. The minimum Gasteiger partial charge on any atom is -0.495 e. The summed E-state index contributed by atoms with van der Waals surface area (Å²) in [6.07, 6.45) is 0.516. The summed E-state index contributed by atoms with van der Waals surface area (Å²) < 4.78 is 5.29. The fourth-order valence-corrected chi connectivity index (χ4v) is 3.04. The lowest BCUT2D eigenvalue weighted by Crippen LogP contribution is -3.28. The number of carbonyl (C=O) groups is 1. The summed E-state index contributed by atoms with van der Waals surface area (Å²) in [4.78, 5) is 15.1. The molecule has 1 aliphatic heterocycles. The second-order valence-corrected chi connectivity index (χ2v) is 6.23. The largest absolute Gasteiger partial charge is 0.495 e. The minimum atomic E-state index is 0.0338. The van der Waals surface area contributed by atoms with Crippen LogP contribution >= 0.6 is 0 Å². The molecule has 23 heavy (non-hydrogen) atoms.